The average Bonchev–Trinajstić information content (AvgIpc) is 2.56. The van der Waals surface area contributed by atoms with Crippen molar-refractivity contribution in [2.24, 2.45) is 0 Å². The maximum atomic E-state index is 11.8. The van der Waals surface area contributed by atoms with Crippen LogP contribution in [-0.4, -0.2) is 18.5 Å². The molecule has 0 fully saturated rings. The predicted octanol–water partition coefficient (Wildman–Crippen LogP) is 3.66. The van der Waals surface area contributed by atoms with Gasteiger partial charge in [-0.25, -0.2) is 4.79 Å². The van der Waals surface area contributed by atoms with Gasteiger partial charge in [0.2, 0.25) is 0 Å². The quantitative estimate of drug-likeness (QED) is 0.855. The smallest absolute Gasteiger partial charge is 0.338 e. The van der Waals surface area contributed by atoms with Crippen LogP contribution in [0, 0.1) is 11.3 Å². The lowest BCUT2D eigenvalue weighted by Gasteiger charge is -2.07. The van der Waals surface area contributed by atoms with Crippen molar-refractivity contribution in [1.29, 1.82) is 5.26 Å². The Kier molecular flexibility index (Phi) is 5.58. The molecule has 0 spiro atoms. The van der Waals surface area contributed by atoms with Gasteiger partial charge in [-0.15, -0.1) is 0 Å². The first-order valence-electron chi connectivity index (χ1n) is 6.42. The number of nitriles is 1. The number of ether oxygens (including phenoxy) is 1. The van der Waals surface area contributed by atoms with Crippen LogP contribution in [0.15, 0.2) is 42.5 Å². The molecule has 2 aromatic rings. The zero-order valence-electron chi connectivity index (χ0n) is 11.7. The molecule has 0 saturated heterocycles. The molecule has 2 aromatic carbocycles. The number of hydrogen-bond acceptors (Lipinski definition) is 4. The van der Waals surface area contributed by atoms with E-state index < -0.39 is 18.5 Å². The number of rotatable bonds is 4. The Morgan fingerprint density at radius 1 is 1.09 bits per heavy atom. The largest absolute Gasteiger partial charge is 0.452 e. The molecule has 5 nitrogen and oxygen atoms in total. The predicted molar refractivity (Wildman–Crippen MR) is 86.5 cm³/mol. The van der Waals surface area contributed by atoms with Gasteiger partial charge in [0.15, 0.2) is 6.61 Å². The highest BCUT2D eigenvalue weighted by Crippen LogP contribution is 2.22. The number of hydrogen-bond donors (Lipinski definition) is 1. The van der Waals surface area contributed by atoms with Crippen molar-refractivity contribution in [2.45, 2.75) is 0 Å². The first kappa shape index (κ1) is 16.8. The summed E-state index contributed by atoms with van der Waals surface area (Å²) in [5.74, 6) is -1.18. The van der Waals surface area contributed by atoms with Gasteiger partial charge in [-0.2, -0.15) is 5.26 Å². The van der Waals surface area contributed by atoms with Crippen molar-refractivity contribution < 1.29 is 14.3 Å². The van der Waals surface area contributed by atoms with Crippen LogP contribution in [0.4, 0.5) is 5.69 Å². The highest BCUT2D eigenvalue weighted by Gasteiger charge is 2.12. The summed E-state index contributed by atoms with van der Waals surface area (Å²) >= 11 is 11.6. The van der Waals surface area contributed by atoms with Gasteiger partial charge in [-0.3, -0.25) is 4.79 Å². The molecule has 7 heteroatoms. The Hall–Kier alpha value is -2.55. The van der Waals surface area contributed by atoms with Crippen LogP contribution >= 0.6 is 23.2 Å². The van der Waals surface area contributed by atoms with E-state index in [0.717, 1.165) is 0 Å². The van der Waals surface area contributed by atoms with Gasteiger partial charge >= 0.3 is 5.97 Å². The Morgan fingerprint density at radius 3 is 2.39 bits per heavy atom. The second-order valence-electron chi connectivity index (χ2n) is 4.44. The van der Waals surface area contributed by atoms with Crippen molar-refractivity contribution in [3.8, 4) is 6.07 Å². The third-order valence-corrected chi connectivity index (χ3v) is 3.53. The molecule has 23 heavy (non-hydrogen) atoms. The molecule has 0 atom stereocenters. The fraction of sp³-hybridized carbons (Fsp3) is 0.0625. The number of benzene rings is 2. The van der Waals surface area contributed by atoms with E-state index in [4.69, 9.17) is 33.2 Å². The molecule has 0 unspecified atom stereocenters. The number of anilines is 1. The van der Waals surface area contributed by atoms with E-state index in [1.165, 1.54) is 18.2 Å². The SMILES string of the molecule is N#Cc1ccc(NC(=O)COC(=O)c2ccc(Cl)c(Cl)c2)cc1. The van der Waals surface area contributed by atoms with Crippen LogP contribution in [-0.2, 0) is 9.53 Å². The molecule has 0 radical (unpaired) electrons. The summed E-state index contributed by atoms with van der Waals surface area (Å²) < 4.78 is 4.90. The van der Waals surface area contributed by atoms with Crippen molar-refractivity contribution >= 4 is 40.8 Å². The number of carbonyl (C=O) groups excluding carboxylic acids is 2. The standard InChI is InChI=1S/C16H10Cl2N2O3/c17-13-6-3-11(7-14(13)18)16(22)23-9-15(21)20-12-4-1-10(8-19)2-5-12/h1-7H,9H2,(H,20,21). The molecular formula is C16H10Cl2N2O3. The fourth-order valence-corrected chi connectivity index (χ4v) is 1.96. The zero-order valence-corrected chi connectivity index (χ0v) is 13.2. The van der Waals surface area contributed by atoms with Crippen molar-refractivity contribution in [2.75, 3.05) is 11.9 Å². The van der Waals surface area contributed by atoms with Gasteiger partial charge < -0.3 is 10.1 Å². The Morgan fingerprint density at radius 2 is 1.78 bits per heavy atom. The van der Waals surface area contributed by atoms with Gasteiger partial charge in [0.25, 0.3) is 5.91 Å². The summed E-state index contributed by atoms with van der Waals surface area (Å²) in [4.78, 5) is 23.5. The topological polar surface area (TPSA) is 79.2 Å². The van der Waals surface area contributed by atoms with Crippen molar-refractivity contribution in [1.82, 2.24) is 0 Å². The van der Waals surface area contributed by atoms with E-state index >= 15 is 0 Å². The minimum atomic E-state index is -0.682. The molecule has 0 heterocycles. The Bertz CT molecular complexity index is 783. The molecule has 0 aliphatic heterocycles. The summed E-state index contributed by atoms with van der Waals surface area (Å²) in [5.41, 5.74) is 1.18. The van der Waals surface area contributed by atoms with Crippen LogP contribution in [0.2, 0.25) is 10.0 Å². The number of nitrogens with zero attached hydrogens (tertiary/aromatic N) is 1. The van der Waals surface area contributed by atoms with E-state index in [9.17, 15) is 9.59 Å². The summed E-state index contributed by atoms with van der Waals surface area (Å²) in [6.07, 6.45) is 0. The van der Waals surface area contributed by atoms with Gasteiger partial charge in [0.05, 0.1) is 27.2 Å². The number of nitrogens with one attached hydrogen (secondary N) is 1. The van der Waals surface area contributed by atoms with E-state index in [0.29, 0.717) is 16.3 Å². The molecule has 0 saturated carbocycles. The van der Waals surface area contributed by atoms with Crippen LogP contribution in [0.25, 0.3) is 0 Å². The van der Waals surface area contributed by atoms with Crippen molar-refractivity contribution in [3.05, 3.63) is 63.6 Å². The third kappa shape index (κ3) is 4.71. The van der Waals surface area contributed by atoms with E-state index in [1.54, 1.807) is 24.3 Å². The number of halogens is 2. The van der Waals surface area contributed by atoms with Crippen LogP contribution < -0.4 is 5.32 Å². The molecule has 0 bridgehead atoms. The zero-order chi connectivity index (χ0) is 16.8. The normalized spacial score (nSPS) is 9.78. The average molecular weight is 349 g/mol. The van der Waals surface area contributed by atoms with Gasteiger partial charge in [-0.05, 0) is 42.5 Å². The maximum Gasteiger partial charge on any atom is 0.338 e. The van der Waals surface area contributed by atoms with E-state index in [1.807, 2.05) is 6.07 Å². The molecule has 0 aliphatic carbocycles. The lowest BCUT2D eigenvalue weighted by molar-refractivity contribution is -0.119. The summed E-state index contributed by atoms with van der Waals surface area (Å²) in [5, 5.41) is 11.8. The van der Waals surface area contributed by atoms with Crippen molar-refractivity contribution in [3.63, 3.8) is 0 Å². The van der Waals surface area contributed by atoms with Gasteiger partial charge in [-0.1, -0.05) is 23.2 Å². The Labute approximate surface area is 142 Å². The first-order chi connectivity index (χ1) is 11.0. The second kappa shape index (κ2) is 7.63. The maximum absolute atomic E-state index is 11.8. The molecule has 1 N–H and O–H groups in total. The first-order valence-corrected chi connectivity index (χ1v) is 7.17. The molecule has 0 aliphatic rings. The lowest BCUT2D eigenvalue weighted by Crippen LogP contribution is -2.20. The lowest BCUT2D eigenvalue weighted by atomic mass is 10.2. The second-order valence-corrected chi connectivity index (χ2v) is 5.26. The molecule has 116 valence electrons. The molecule has 0 aromatic heterocycles. The molecule has 1 amide bonds. The number of esters is 1. The summed E-state index contributed by atoms with van der Waals surface area (Å²) in [6.45, 7) is -0.445. The molecule has 2 rings (SSSR count). The summed E-state index contributed by atoms with van der Waals surface area (Å²) in [6, 6.07) is 12.6. The fourth-order valence-electron chi connectivity index (χ4n) is 1.66. The number of carbonyl (C=O) groups is 2. The van der Waals surface area contributed by atoms with E-state index in [-0.39, 0.29) is 10.6 Å². The van der Waals surface area contributed by atoms with Crippen LogP contribution in [0.5, 0.6) is 0 Å². The highest BCUT2D eigenvalue weighted by molar-refractivity contribution is 6.42. The molecular weight excluding hydrogens is 339 g/mol. The summed E-state index contributed by atoms with van der Waals surface area (Å²) in [7, 11) is 0. The highest BCUT2D eigenvalue weighted by atomic mass is 35.5. The third-order valence-electron chi connectivity index (χ3n) is 2.79. The van der Waals surface area contributed by atoms with Crippen LogP contribution in [0.1, 0.15) is 15.9 Å². The van der Waals surface area contributed by atoms with Crippen LogP contribution in [0.3, 0.4) is 0 Å². The minimum Gasteiger partial charge on any atom is -0.452 e. The minimum absolute atomic E-state index is 0.200. The van der Waals surface area contributed by atoms with Gasteiger partial charge in [0, 0.05) is 5.69 Å². The van der Waals surface area contributed by atoms with Gasteiger partial charge in [0.1, 0.15) is 0 Å². The Balaban J connectivity index is 1.89. The number of amides is 1. The van der Waals surface area contributed by atoms with E-state index in [2.05, 4.69) is 5.32 Å². The monoisotopic (exact) mass is 348 g/mol.